The summed E-state index contributed by atoms with van der Waals surface area (Å²) in [6, 6.07) is 0. The Balaban J connectivity index is 2.68. The second kappa shape index (κ2) is 4.09. The van der Waals surface area contributed by atoms with Crippen LogP contribution < -0.4 is 0 Å². The van der Waals surface area contributed by atoms with Crippen molar-refractivity contribution in [3.63, 3.8) is 0 Å². The molecule has 0 unspecified atom stereocenters. The topological polar surface area (TPSA) is 23.5 Å². The van der Waals surface area contributed by atoms with Crippen LogP contribution in [-0.4, -0.2) is 23.9 Å². The van der Waals surface area contributed by atoms with Gasteiger partial charge in [-0.3, -0.25) is 0 Å². The summed E-state index contributed by atoms with van der Waals surface area (Å²) in [5.74, 6) is 0. The predicted octanol–water partition coefficient (Wildman–Crippen LogP) is 1.11. The Bertz CT molecular complexity index is 37.1. The number of hydroxylamine groups is 2. The normalized spacial score (nSPS) is 10.3. The van der Waals surface area contributed by atoms with Crippen molar-refractivity contribution in [3.05, 3.63) is 0 Å². The fourth-order valence-corrected chi connectivity index (χ4v) is 0.387. The van der Waals surface area contributed by atoms with E-state index in [2.05, 4.69) is 6.92 Å². The highest BCUT2D eigenvalue weighted by atomic mass is 16.5. The van der Waals surface area contributed by atoms with E-state index in [1.165, 1.54) is 5.06 Å². The van der Waals surface area contributed by atoms with E-state index in [0.717, 1.165) is 19.4 Å². The van der Waals surface area contributed by atoms with E-state index in [1.54, 1.807) is 7.05 Å². The Morgan fingerprint density at radius 2 is 2.14 bits per heavy atom. The van der Waals surface area contributed by atoms with Crippen molar-refractivity contribution in [2.24, 2.45) is 0 Å². The van der Waals surface area contributed by atoms with Gasteiger partial charge in [-0.25, -0.2) is 0 Å². The van der Waals surface area contributed by atoms with Crippen molar-refractivity contribution in [2.75, 3.05) is 13.6 Å². The van der Waals surface area contributed by atoms with Gasteiger partial charge in [0.15, 0.2) is 0 Å². The minimum atomic E-state index is 0.788. The monoisotopic (exact) mass is 103 g/mol. The van der Waals surface area contributed by atoms with Crippen LogP contribution in [-0.2, 0) is 0 Å². The Morgan fingerprint density at radius 3 is 2.29 bits per heavy atom. The molecule has 1 N–H and O–H groups in total. The van der Waals surface area contributed by atoms with Crippen LogP contribution in [0.3, 0.4) is 0 Å². The fourth-order valence-electron chi connectivity index (χ4n) is 0.387. The second-order valence-electron chi connectivity index (χ2n) is 1.73. The van der Waals surface area contributed by atoms with Gasteiger partial charge in [-0.05, 0) is 6.42 Å². The van der Waals surface area contributed by atoms with Crippen LogP contribution in [0.4, 0.5) is 0 Å². The van der Waals surface area contributed by atoms with Crippen LogP contribution in [0.2, 0.25) is 0 Å². The maximum atomic E-state index is 8.52. The largest absolute Gasteiger partial charge is 0.314 e. The number of nitrogens with zero attached hydrogens (tertiary/aromatic N) is 1. The first-order valence-corrected chi connectivity index (χ1v) is 2.67. The lowest BCUT2D eigenvalue weighted by Crippen LogP contribution is -2.13. The number of hydrogen-bond donors (Lipinski definition) is 1. The van der Waals surface area contributed by atoms with Crippen LogP contribution >= 0.6 is 0 Å². The molecular weight excluding hydrogens is 90.1 g/mol. The van der Waals surface area contributed by atoms with Crippen LogP contribution in [0.15, 0.2) is 0 Å². The molecule has 0 aliphatic carbocycles. The zero-order chi connectivity index (χ0) is 5.70. The van der Waals surface area contributed by atoms with E-state index in [0.29, 0.717) is 0 Å². The summed E-state index contributed by atoms with van der Waals surface area (Å²) in [5.41, 5.74) is 0. The highest BCUT2D eigenvalue weighted by molar-refractivity contribution is 4.34. The maximum absolute atomic E-state index is 8.52. The first-order chi connectivity index (χ1) is 3.27. The SMILES string of the molecule is CCCCN(C)O. The Hall–Kier alpha value is -0.0800. The summed E-state index contributed by atoms with van der Waals surface area (Å²) in [6.45, 7) is 2.89. The fraction of sp³-hybridized carbons (Fsp3) is 1.00. The molecule has 7 heavy (non-hydrogen) atoms. The van der Waals surface area contributed by atoms with Gasteiger partial charge in [0.05, 0.1) is 0 Å². The minimum absolute atomic E-state index is 0.788. The van der Waals surface area contributed by atoms with Gasteiger partial charge < -0.3 is 5.21 Å². The first-order valence-electron chi connectivity index (χ1n) is 2.67. The maximum Gasteiger partial charge on any atom is 0.0234 e. The zero-order valence-corrected chi connectivity index (χ0v) is 5.02. The molecule has 0 aromatic carbocycles. The molecular formula is C5H13NO. The van der Waals surface area contributed by atoms with E-state index in [9.17, 15) is 0 Å². The lowest BCUT2D eigenvalue weighted by Gasteiger charge is -2.03. The first kappa shape index (κ1) is 6.92. The van der Waals surface area contributed by atoms with Crippen molar-refractivity contribution in [3.8, 4) is 0 Å². The molecule has 2 nitrogen and oxygen atoms in total. The average molecular weight is 103 g/mol. The predicted molar refractivity (Wildman–Crippen MR) is 29.3 cm³/mol. The van der Waals surface area contributed by atoms with Gasteiger partial charge >= 0.3 is 0 Å². The Kier molecular flexibility index (Phi) is 4.04. The molecule has 0 aliphatic heterocycles. The summed E-state index contributed by atoms with van der Waals surface area (Å²) >= 11 is 0. The third kappa shape index (κ3) is 5.92. The van der Waals surface area contributed by atoms with Crippen LogP contribution in [0, 0.1) is 0 Å². The van der Waals surface area contributed by atoms with Gasteiger partial charge in [0.1, 0.15) is 0 Å². The van der Waals surface area contributed by atoms with Crippen molar-refractivity contribution < 1.29 is 5.21 Å². The molecule has 0 amide bonds. The molecule has 0 saturated heterocycles. The standard InChI is InChI=1S/C5H13NO/c1-3-4-5-6(2)7/h7H,3-5H2,1-2H3. The lowest BCUT2D eigenvalue weighted by atomic mass is 10.3. The molecule has 0 saturated carbocycles. The number of hydrogen-bond acceptors (Lipinski definition) is 2. The number of rotatable bonds is 3. The number of unbranched alkanes of at least 4 members (excludes halogenated alkanes) is 1. The highest BCUT2D eigenvalue weighted by Gasteiger charge is 1.85. The zero-order valence-electron chi connectivity index (χ0n) is 5.02. The third-order valence-electron chi connectivity index (χ3n) is 0.835. The summed E-state index contributed by atoms with van der Waals surface area (Å²) in [4.78, 5) is 0. The quantitative estimate of drug-likeness (QED) is 0.541. The van der Waals surface area contributed by atoms with Crippen LogP contribution in [0.5, 0.6) is 0 Å². The van der Waals surface area contributed by atoms with E-state index in [4.69, 9.17) is 5.21 Å². The Morgan fingerprint density at radius 1 is 1.57 bits per heavy atom. The molecule has 2 heteroatoms. The van der Waals surface area contributed by atoms with Gasteiger partial charge in [0.2, 0.25) is 0 Å². The lowest BCUT2D eigenvalue weighted by molar-refractivity contribution is -0.0652. The van der Waals surface area contributed by atoms with E-state index in [-0.39, 0.29) is 0 Å². The minimum Gasteiger partial charge on any atom is -0.314 e. The molecule has 0 atom stereocenters. The van der Waals surface area contributed by atoms with Gasteiger partial charge in [0.25, 0.3) is 0 Å². The van der Waals surface area contributed by atoms with Crippen molar-refractivity contribution in [1.82, 2.24) is 5.06 Å². The van der Waals surface area contributed by atoms with Crippen molar-refractivity contribution in [2.45, 2.75) is 19.8 Å². The molecule has 0 aromatic rings. The van der Waals surface area contributed by atoms with Gasteiger partial charge in [0, 0.05) is 13.6 Å². The summed E-state index contributed by atoms with van der Waals surface area (Å²) in [5, 5.41) is 9.73. The summed E-state index contributed by atoms with van der Waals surface area (Å²) in [7, 11) is 1.66. The smallest absolute Gasteiger partial charge is 0.0234 e. The van der Waals surface area contributed by atoms with E-state index >= 15 is 0 Å². The molecule has 0 fully saturated rings. The second-order valence-corrected chi connectivity index (χ2v) is 1.73. The molecule has 0 rings (SSSR count). The van der Waals surface area contributed by atoms with Crippen molar-refractivity contribution in [1.29, 1.82) is 0 Å². The molecule has 0 bridgehead atoms. The molecule has 0 heterocycles. The third-order valence-corrected chi connectivity index (χ3v) is 0.835. The molecule has 44 valence electrons. The summed E-state index contributed by atoms with van der Waals surface area (Å²) in [6.07, 6.45) is 2.22. The van der Waals surface area contributed by atoms with Crippen LogP contribution in [0.25, 0.3) is 0 Å². The average Bonchev–Trinajstić information content (AvgIpc) is 1.61. The molecule has 0 aliphatic rings. The Labute approximate surface area is 44.7 Å². The highest BCUT2D eigenvalue weighted by Crippen LogP contribution is 1.85. The molecule has 0 radical (unpaired) electrons. The molecule has 0 spiro atoms. The van der Waals surface area contributed by atoms with Gasteiger partial charge in [-0.1, -0.05) is 13.3 Å². The van der Waals surface area contributed by atoms with Crippen LogP contribution in [0.1, 0.15) is 19.8 Å². The molecule has 0 aromatic heterocycles. The van der Waals surface area contributed by atoms with Gasteiger partial charge in [-0.2, -0.15) is 5.06 Å². The van der Waals surface area contributed by atoms with E-state index < -0.39 is 0 Å². The van der Waals surface area contributed by atoms with Gasteiger partial charge in [-0.15, -0.1) is 0 Å². The van der Waals surface area contributed by atoms with Crippen molar-refractivity contribution >= 4 is 0 Å². The van der Waals surface area contributed by atoms with E-state index in [1.807, 2.05) is 0 Å². The summed E-state index contributed by atoms with van der Waals surface area (Å²) < 4.78 is 0.